The van der Waals surface area contributed by atoms with Crippen molar-refractivity contribution in [3.8, 4) is 0 Å². The summed E-state index contributed by atoms with van der Waals surface area (Å²) in [7, 11) is 0. The van der Waals surface area contributed by atoms with Gasteiger partial charge in [-0.15, -0.1) is 0 Å². The fraction of sp³-hybridized carbons (Fsp3) is 0.808. The maximum atomic E-state index is 12.0. The van der Waals surface area contributed by atoms with Crippen LogP contribution in [0.25, 0.3) is 0 Å². The quantitative estimate of drug-likeness (QED) is 0.556. The van der Waals surface area contributed by atoms with Crippen molar-refractivity contribution < 1.29 is 9.90 Å². The van der Waals surface area contributed by atoms with Crippen molar-refractivity contribution >= 4 is 5.97 Å². The average molecular weight is 385 g/mol. The molecule has 3 saturated carbocycles. The van der Waals surface area contributed by atoms with Crippen LogP contribution in [0.15, 0.2) is 23.3 Å². The van der Waals surface area contributed by atoms with Crippen LogP contribution in [0, 0.1) is 39.9 Å². The summed E-state index contributed by atoms with van der Waals surface area (Å²) in [4.78, 5) is 12.0. The molecule has 5 atom stereocenters. The third-order valence-corrected chi connectivity index (χ3v) is 9.17. The maximum absolute atomic E-state index is 12.0. The summed E-state index contributed by atoms with van der Waals surface area (Å²) in [6, 6.07) is 0. The predicted octanol–water partition coefficient (Wildman–Crippen LogP) is 7.01. The molecular formula is C26H40O2. The second-order valence-electron chi connectivity index (χ2n) is 11.9. The molecule has 0 spiro atoms. The SMILES string of the molecule is CCC12CC(C)(C)C3=CC(C(=O)O)=CC(CC(C)(C)CCCCC4CCC41)C32. The highest BCUT2D eigenvalue weighted by Crippen LogP contribution is 2.70. The van der Waals surface area contributed by atoms with Crippen molar-refractivity contribution in [2.45, 2.75) is 92.4 Å². The van der Waals surface area contributed by atoms with E-state index in [0.29, 0.717) is 22.8 Å². The van der Waals surface area contributed by atoms with Gasteiger partial charge in [0.25, 0.3) is 0 Å². The zero-order valence-corrected chi connectivity index (χ0v) is 18.7. The Morgan fingerprint density at radius 3 is 2.50 bits per heavy atom. The van der Waals surface area contributed by atoms with Gasteiger partial charge in [-0.25, -0.2) is 4.79 Å². The van der Waals surface area contributed by atoms with Crippen molar-refractivity contribution in [2.24, 2.45) is 39.9 Å². The summed E-state index contributed by atoms with van der Waals surface area (Å²) >= 11 is 0. The van der Waals surface area contributed by atoms with Crippen LogP contribution in [0.3, 0.4) is 0 Å². The summed E-state index contributed by atoms with van der Waals surface area (Å²) in [6.45, 7) is 12.0. The Morgan fingerprint density at radius 1 is 1.14 bits per heavy atom. The lowest BCUT2D eigenvalue weighted by Crippen LogP contribution is -2.46. The van der Waals surface area contributed by atoms with E-state index in [-0.39, 0.29) is 10.8 Å². The van der Waals surface area contributed by atoms with E-state index in [1.54, 1.807) is 0 Å². The number of carboxylic acid groups (broad SMARTS) is 1. The van der Waals surface area contributed by atoms with Gasteiger partial charge in [0.1, 0.15) is 0 Å². The van der Waals surface area contributed by atoms with E-state index in [1.165, 1.54) is 56.9 Å². The summed E-state index contributed by atoms with van der Waals surface area (Å²) in [5.41, 5.74) is 2.77. The van der Waals surface area contributed by atoms with Crippen molar-refractivity contribution in [1.82, 2.24) is 0 Å². The average Bonchev–Trinajstić information content (AvgIpc) is 2.80. The Balaban J connectivity index is 1.86. The molecule has 3 fully saturated rings. The highest BCUT2D eigenvalue weighted by Gasteiger charge is 2.61. The molecule has 0 radical (unpaired) electrons. The summed E-state index contributed by atoms with van der Waals surface area (Å²) < 4.78 is 0. The number of aliphatic carboxylic acids is 1. The van der Waals surface area contributed by atoms with Gasteiger partial charge >= 0.3 is 5.97 Å². The molecule has 1 N–H and O–H groups in total. The van der Waals surface area contributed by atoms with E-state index in [1.807, 2.05) is 0 Å². The maximum Gasteiger partial charge on any atom is 0.335 e. The first kappa shape index (κ1) is 20.2. The fourth-order valence-corrected chi connectivity index (χ4v) is 7.95. The molecule has 0 aliphatic heterocycles. The Labute approximate surface area is 171 Å². The van der Waals surface area contributed by atoms with Gasteiger partial charge in [0.2, 0.25) is 0 Å². The molecule has 2 nitrogen and oxygen atoms in total. The summed E-state index contributed by atoms with van der Waals surface area (Å²) in [5, 5.41) is 9.84. The molecule has 28 heavy (non-hydrogen) atoms. The lowest BCUT2D eigenvalue weighted by atomic mass is 9.51. The topological polar surface area (TPSA) is 37.3 Å². The molecule has 0 aromatic rings. The number of carbonyl (C=O) groups is 1. The number of carboxylic acids is 1. The van der Waals surface area contributed by atoms with E-state index in [9.17, 15) is 9.90 Å². The molecule has 4 aliphatic rings. The minimum absolute atomic E-state index is 0.113. The molecule has 0 saturated heterocycles. The van der Waals surface area contributed by atoms with Crippen LogP contribution in [0.2, 0.25) is 0 Å². The van der Waals surface area contributed by atoms with Crippen LogP contribution in [0.4, 0.5) is 0 Å². The van der Waals surface area contributed by atoms with Crippen LogP contribution in [0.1, 0.15) is 92.4 Å². The van der Waals surface area contributed by atoms with Gasteiger partial charge < -0.3 is 5.11 Å². The molecule has 0 aromatic heterocycles. The highest BCUT2D eigenvalue weighted by atomic mass is 16.4. The Bertz CT molecular complexity index is 710. The molecular weight excluding hydrogens is 344 g/mol. The molecule has 0 amide bonds. The zero-order valence-electron chi connectivity index (χ0n) is 18.7. The second kappa shape index (κ2) is 6.74. The first-order valence-electron chi connectivity index (χ1n) is 11.8. The lowest BCUT2D eigenvalue weighted by Gasteiger charge is -2.54. The van der Waals surface area contributed by atoms with Crippen LogP contribution in [-0.2, 0) is 4.79 Å². The molecule has 5 unspecified atom stereocenters. The highest BCUT2D eigenvalue weighted by molar-refractivity contribution is 5.90. The van der Waals surface area contributed by atoms with Crippen molar-refractivity contribution in [3.05, 3.63) is 23.3 Å². The Morgan fingerprint density at radius 2 is 1.89 bits per heavy atom. The van der Waals surface area contributed by atoms with Gasteiger partial charge in [-0.05, 0) is 84.5 Å². The lowest BCUT2D eigenvalue weighted by molar-refractivity contribution is -0.132. The second-order valence-corrected chi connectivity index (χ2v) is 11.9. The van der Waals surface area contributed by atoms with Gasteiger partial charge in [-0.2, -0.15) is 0 Å². The number of hydrogen-bond donors (Lipinski definition) is 1. The molecule has 2 heteroatoms. The van der Waals surface area contributed by atoms with Crippen LogP contribution in [0.5, 0.6) is 0 Å². The first-order chi connectivity index (χ1) is 13.1. The smallest absolute Gasteiger partial charge is 0.335 e. The van der Waals surface area contributed by atoms with Gasteiger partial charge in [-0.3, -0.25) is 0 Å². The standard InChI is InChI=1S/C26H40O2/c1-6-26-16-25(4,5)21-14-18(23(27)28)13-19(22(21)26)15-24(2,3)12-8-7-9-17-10-11-20(17)26/h13-14,17,19-20,22H,6-12,15-16H2,1-5H3,(H,27,28). The molecule has 156 valence electrons. The predicted molar refractivity (Wildman–Crippen MR) is 115 cm³/mol. The van der Waals surface area contributed by atoms with Crippen LogP contribution < -0.4 is 0 Å². The first-order valence-corrected chi connectivity index (χ1v) is 11.8. The van der Waals surface area contributed by atoms with E-state index in [0.717, 1.165) is 18.3 Å². The van der Waals surface area contributed by atoms with Crippen molar-refractivity contribution in [3.63, 3.8) is 0 Å². The molecule has 4 rings (SSSR count). The zero-order chi connectivity index (χ0) is 20.3. The third-order valence-electron chi connectivity index (χ3n) is 9.17. The van der Waals surface area contributed by atoms with Gasteiger partial charge in [-0.1, -0.05) is 65.5 Å². The van der Waals surface area contributed by atoms with E-state index in [2.05, 4.69) is 46.8 Å². The Kier molecular flexibility index (Phi) is 4.87. The van der Waals surface area contributed by atoms with Crippen LogP contribution in [-0.4, -0.2) is 11.1 Å². The molecule has 0 heterocycles. The number of rotatable bonds is 2. The van der Waals surface area contributed by atoms with Gasteiger partial charge in [0.15, 0.2) is 0 Å². The largest absolute Gasteiger partial charge is 0.478 e. The number of hydrogen-bond acceptors (Lipinski definition) is 1. The number of allylic oxidation sites excluding steroid dienone is 2. The fourth-order valence-electron chi connectivity index (χ4n) is 7.95. The monoisotopic (exact) mass is 384 g/mol. The van der Waals surface area contributed by atoms with Crippen LogP contribution >= 0.6 is 0 Å². The van der Waals surface area contributed by atoms with Crippen molar-refractivity contribution in [1.29, 1.82) is 0 Å². The summed E-state index contributed by atoms with van der Waals surface area (Å²) in [5.74, 6) is 1.92. The Hall–Kier alpha value is -1.05. The molecule has 4 aliphatic carbocycles. The van der Waals surface area contributed by atoms with Gasteiger partial charge in [0.05, 0.1) is 5.57 Å². The van der Waals surface area contributed by atoms with Crippen molar-refractivity contribution in [2.75, 3.05) is 0 Å². The summed E-state index contributed by atoms with van der Waals surface area (Å²) in [6.07, 6.45) is 16.1. The normalized spacial score (nSPS) is 41.5. The van der Waals surface area contributed by atoms with E-state index in [4.69, 9.17) is 0 Å². The minimum Gasteiger partial charge on any atom is -0.478 e. The minimum atomic E-state index is -0.746. The number of fused-ring (bicyclic) bond motifs is 2. The van der Waals surface area contributed by atoms with E-state index < -0.39 is 5.97 Å². The van der Waals surface area contributed by atoms with E-state index >= 15 is 0 Å². The molecule has 0 bridgehead atoms. The van der Waals surface area contributed by atoms with Gasteiger partial charge in [0, 0.05) is 0 Å². The third kappa shape index (κ3) is 3.10. The molecule has 0 aromatic carbocycles.